The number of hydrogen-bond acceptors (Lipinski definition) is 4. The fraction of sp³-hybridized carbons (Fsp3) is 0.467. The molecule has 0 bridgehead atoms. The zero-order valence-electron chi connectivity index (χ0n) is 11.9. The molecule has 0 atom stereocenters. The molecule has 0 radical (unpaired) electrons. The first kappa shape index (κ1) is 15.2. The molecule has 0 aromatic heterocycles. The number of carbonyl (C=O) groups excluding carboxylic acids is 2. The Balaban J connectivity index is 3.02. The molecule has 0 saturated heterocycles. The number of carbonyl (C=O) groups is 2. The van der Waals surface area contributed by atoms with E-state index >= 15 is 0 Å². The summed E-state index contributed by atoms with van der Waals surface area (Å²) < 4.78 is 10.3. The molecule has 0 aliphatic carbocycles. The van der Waals surface area contributed by atoms with Gasteiger partial charge in [-0.3, -0.25) is 4.79 Å². The van der Waals surface area contributed by atoms with Crippen LogP contribution in [0.5, 0.6) is 5.75 Å². The van der Waals surface area contributed by atoms with E-state index in [-0.39, 0.29) is 12.7 Å². The molecule has 19 heavy (non-hydrogen) atoms. The Kier molecular flexibility index (Phi) is 5.55. The van der Waals surface area contributed by atoms with E-state index in [2.05, 4.69) is 0 Å². The molecular formula is C15H20O4. The molecule has 0 spiro atoms. The molecule has 104 valence electrons. The fourth-order valence-electron chi connectivity index (χ4n) is 1.74. The lowest BCUT2D eigenvalue weighted by Gasteiger charge is -2.12. The van der Waals surface area contributed by atoms with E-state index < -0.39 is 11.8 Å². The molecule has 0 N–H and O–H groups in total. The van der Waals surface area contributed by atoms with Crippen molar-refractivity contribution in [1.82, 2.24) is 0 Å². The normalized spacial score (nSPS) is 10.4. The number of Topliss-reactive ketones (excluding diaryl/α,β-unsaturated/α-hetero) is 1. The topological polar surface area (TPSA) is 52.6 Å². The SMILES string of the molecule is CCOC(=O)C(=O)c1ccc(OC(C)C)cc1CC. The standard InChI is InChI=1S/C15H20O4/c1-5-11-9-12(19-10(3)4)7-8-13(11)14(16)15(17)18-6-2/h7-10H,5-6H2,1-4H3. The first-order chi connectivity index (χ1) is 8.99. The third kappa shape index (κ3) is 4.09. The van der Waals surface area contributed by atoms with E-state index in [4.69, 9.17) is 9.47 Å². The van der Waals surface area contributed by atoms with Gasteiger partial charge in [0, 0.05) is 5.56 Å². The summed E-state index contributed by atoms with van der Waals surface area (Å²) in [6, 6.07) is 5.12. The molecule has 0 heterocycles. The van der Waals surface area contributed by atoms with Crippen LogP contribution in [0.1, 0.15) is 43.6 Å². The summed E-state index contributed by atoms with van der Waals surface area (Å²) in [5.74, 6) is -0.711. The van der Waals surface area contributed by atoms with Crippen LogP contribution >= 0.6 is 0 Å². The highest BCUT2D eigenvalue weighted by atomic mass is 16.5. The van der Waals surface area contributed by atoms with Gasteiger partial charge in [0.05, 0.1) is 12.7 Å². The van der Waals surface area contributed by atoms with Crippen LogP contribution < -0.4 is 4.74 Å². The Labute approximate surface area is 113 Å². The number of ether oxygens (including phenoxy) is 2. The lowest BCUT2D eigenvalue weighted by molar-refractivity contribution is -0.137. The van der Waals surface area contributed by atoms with Crippen molar-refractivity contribution >= 4 is 11.8 Å². The highest BCUT2D eigenvalue weighted by Gasteiger charge is 2.20. The Hall–Kier alpha value is -1.84. The zero-order valence-corrected chi connectivity index (χ0v) is 11.9. The van der Waals surface area contributed by atoms with Crippen molar-refractivity contribution in [3.05, 3.63) is 29.3 Å². The van der Waals surface area contributed by atoms with Gasteiger partial charge in [-0.2, -0.15) is 0 Å². The Morgan fingerprint density at radius 1 is 1.21 bits per heavy atom. The summed E-state index contributed by atoms with van der Waals surface area (Å²) in [7, 11) is 0. The molecule has 1 aromatic carbocycles. The number of rotatable bonds is 6. The second-order valence-corrected chi connectivity index (χ2v) is 4.39. The number of esters is 1. The number of hydrogen-bond donors (Lipinski definition) is 0. The van der Waals surface area contributed by atoms with Crippen molar-refractivity contribution in [3.63, 3.8) is 0 Å². The molecule has 4 nitrogen and oxygen atoms in total. The van der Waals surface area contributed by atoms with Gasteiger partial charge in [-0.25, -0.2) is 4.79 Å². The van der Waals surface area contributed by atoms with E-state index in [1.54, 1.807) is 25.1 Å². The van der Waals surface area contributed by atoms with Crippen LogP contribution in [0.4, 0.5) is 0 Å². The van der Waals surface area contributed by atoms with Gasteiger partial charge >= 0.3 is 5.97 Å². The monoisotopic (exact) mass is 264 g/mol. The summed E-state index contributed by atoms with van der Waals surface area (Å²) >= 11 is 0. The Bertz CT molecular complexity index is 463. The van der Waals surface area contributed by atoms with Gasteiger partial charge in [0.25, 0.3) is 5.78 Å². The predicted molar refractivity (Wildman–Crippen MR) is 72.5 cm³/mol. The molecule has 0 unspecified atom stereocenters. The molecule has 0 aliphatic rings. The van der Waals surface area contributed by atoms with Gasteiger partial charge in [-0.1, -0.05) is 6.92 Å². The lowest BCUT2D eigenvalue weighted by Crippen LogP contribution is -2.19. The Morgan fingerprint density at radius 2 is 1.89 bits per heavy atom. The maximum absolute atomic E-state index is 11.9. The van der Waals surface area contributed by atoms with E-state index in [1.807, 2.05) is 20.8 Å². The predicted octanol–water partition coefficient (Wildman–Crippen LogP) is 2.78. The average molecular weight is 264 g/mol. The van der Waals surface area contributed by atoms with Crippen LogP contribution in [0.15, 0.2) is 18.2 Å². The zero-order chi connectivity index (χ0) is 14.4. The number of benzene rings is 1. The van der Waals surface area contributed by atoms with E-state index in [0.717, 1.165) is 5.56 Å². The maximum Gasteiger partial charge on any atom is 0.379 e. The van der Waals surface area contributed by atoms with Crippen molar-refractivity contribution < 1.29 is 19.1 Å². The largest absolute Gasteiger partial charge is 0.491 e. The first-order valence-corrected chi connectivity index (χ1v) is 6.50. The average Bonchev–Trinajstić information content (AvgIpc) is 2.37. The van der Waals surface area contributed by atoms with Crippen molar-refractivity contribution in [1.29, 1.82) is 0 Å². The molecule has 1 rings (SSSR count). The van der Waals surface area contributed by atoms with Crippen molar-refractivity contribution in [2.45, 2.75) is 40.2 Å². The van der Waals surface area contributed by atoms with Crippen molar-refractivity contribution in [2.75, 3.05) is 6.61 Å². The number of aryl methyl sites for hydroxylation is 1. The second-order valence-electron chi connectivity index (χ2n) is 4.39. The smallest absolute Gasteiger partial charge is 0.379 e. The molecule has 1 aromatic rings. The molecule has 0 saturated carbocycles. The lowest BCUT2D eigenvalue weighted by atomic mass is 10.0. The molecule has 0 amide bonds. The quantitative estimate of drug-likeness (QED) is 0.450. The molecule has 4 heteroatoms. The van der Waals surface area contributed by atoms with Gasteiger partial charge in [-0.05, 0) is 51.0 Å². The van der Waals surface area contributed by atoms with Crippen LogP contribution in [-0.2, 0) is 16.0 Å². The van der Waals surface area contributed by atoms with Crippen molar-refractivity contribution in [3.8, 4) is 5.75 Å². The highest BCUT2D eigenvalue weighted by Crippen LogP contribution is 2.20. The minimum absolute atomic E-state index is 0.0660. The van der Waals surface area contributed by atoms with Crippen LogP contribution in [0.3, 0.4) is 0 Å². The second kappa shape index (κ2) is 6.92. The maximum atomic E-state index is 11.9. The summed E-state index contributed by atoms with van der Waals surface area (Å²) in [5, 5.41) is 0. The van der Waals surface area contributed by atoms with Gasteiger partial charge < -0.3 is 9.47 Å². The summed E-state index contributed by atoms with van der Waals surface area (Å²) in [6.45, 7) is 7.66. The minimum Gasteiger partial charge on any atom is -0.491 e. The summed E-state index contributed by atoms with van der Waals surface area (Å²) in [5.41, 5.74) is 1.17. The van der Waals surface area contributed by atoms with Crippen LogP contribution in [0.25, 0.3) is 0 Å². The third-order valence-electron chi connectivity index (χ3n) is 2.53. The highest BCUT2D eigenvalue weighted by molar-refractivity contribution is 6.41. The van der Waals surface area contributed by atoms with Crippen molar-refractivity contribution in [2.24, 2.45) is 0 Å². The van der Waals surface area contributed by atoms with Crippen LogP contribution in [-0.4, -0.2) is 24.5 Å². The third-order valence-corrected chi connectivity index (χ3v) is 2.53. The summed E-state index contributed by atoms with van der Waals surface area (Å²) in [4.78, 5) is 23.4. The van der Waals surface area contributed by atoms with Gasteiger partial charge in [-0.15, -0.1) is 0 Å². The first-order valence-electron chi connectivity index (χ1n) is 6.50. The van der Waals surface area contributed by atoms with Gasteiger partial charge in [0.1, 0.15) is 5.75 Å². The number of ketones is 1. The Morgan fingerprint density at radius 3 is 2.42 bits per heavy atom. The van der Waals surface area contributed by atoms with Crippen LogP contribution in [0, 0.1) is 0 Å². The molecule has 0 aliphatic heterocycles. The molecule has 0 fully saturated rings. The van der Waals surface area contributed by atoms with E-state index in [1.165, 1.54) is 0 Å². The van der Waals surface area contributed by atoms with E-state index in [0.29, 0.717) is 17.7 Å². The van der Waals surface area contributed by atoms with E-state index in [9.17, 15) is 9.59 Å². The van der Waals surface area contributed by atoms with Gasteiger partial charge in [0.2, 0.25) is 0 Å². The molecular weight excluding hydrogens is 244 g/mol. The van der Waals surface area contributed by atoms with Gasteiger partial charge in [0.15, 0.2) is 0 Å². The summed E-state index contributed by atoms with van der Waals surface area (Å²) in [6.07, 6.45) is 0.715. The fourth-order valence-corrected chi connectivity index (χ4v) is 1.74. The van der Waals surface area contributed by atoms with Crippen LogP contribution in [0.2, 0.25) is 0 Å². The minimum atomic E-state index is -0.810.